The molecular formula is C10H17BrO4. The fourth-order valence-electron chi connectivity index (χ4n) is 1.12. The van der Waals surface area contributed by atoms with Crippen molar-refractivity contribution >= 4 is 27.9 Å². The number of hydrogen-bond acceptors (Lipinski definition) is 4. The van der Waals surface area contributed by atoms with Crippen molar-refractivity contribution in [2.24, 2.45) is 0 Å². The van der Waals surface area contributed by atoms with Crippen LogP contribution in [0, 0.1) is 0 Å². The van der Waals surface area contributed by atoms with E-state index in [2.05, 4.69) is 25.4 Å². The molecule has 0 amide bonds. The van der Waals surface area contributed by atoms with E-state index in [1.807, 2.05) is 0 Å². The van der Waals surface area contributed by atoms with Gasteiger partial charge in [-0.3, -0.25) is 9.59 Å². The summed E-state index contributed by atoms with van der Waals surface area (Å²) in [4.78, 5) is 21.5. The smallest absolute Gasteiger partial charge is 0.319 e. The highest BCUT2D eigenvalue weighted by Gasteiger charge is 2.13. The molecule has 0 spiro atoms. The van der Waals surface area contributed by atoms with Crippen LogP contribution in [0.15, 0.2) is 0 Å². The molecule has 0 aliphatic heterocycles. The van der Waals surface area contributed by atoms with Gasteiger partial charge in [-0.25, -0.2) is 0 Å². The van der Waals surface area contributed by atoms with Crippen LogP contribution in [-0.2, 0) is 19.1 Å². The van der Waals surface area contributed by atoms with Gasteiger partial charge in [-0.15, -0.1) is 0 Å². The third kappa shape index (κ3) is 7.36. The van der Waals surface area contributed by atoms with E-state index in [9.17, 15) is 9.59 Å². The fourth-order valence-corrected chi connectivity index (χ4v) is 1.63. The summed E-state index contributed by atoms with van der Waals surface area (Å²) in [6.07, 6.45) is 3.78. The zero-order valence-electron chi connectivity index (χ0n) is 9.12. The van der Waals surface area contributed by atoms with Crippen molar-refractivity contribution in [1.29, 1.82) is 0 Å². The standard InChI is InChI=1S/C10H17BrO4/c1-14-9(12)7-5-3-4-6-8(11)10(13)15-2/h8H,3-7H2,1-2H3. The van der Waals surface area contributed by atoms with Gasteiger partial charge in [-0.2, -0.15) is 0 Å². The average Bonchev–Trinajstić information content (AvgIpc) is 2.26. The lowest BCUT2D eigenvalue weighted by atomic mass is 10.1. The predicted octanol–water partition coefficient (Wildman–Crippen LogP) is 2.05. The van der Waals surface area contributed by atoms with Crippen LogP contribution in [0.5, 0.6) is 0 Å². The van der Waals surface area contributed by atoms with Crippen LogP contribution < -0.4 is 0 Å². The van der Waals surface area contributed by atoms with E-state index in [4.69, 9.17) is 0 Å². The van der Waals surface area contributed by atoms with Crippen molar-refractivity contribution in [3.63, 3.8) is 0 Å². The predicted molar refractivity (Wildman–Crippen MR) is 59.8 cm³/mol. The van der Waals surface area contributed by atoms with E-state index in [1.54, 1.807) is 0 Å². The first-order chi connectivity index (χ1) is 7.11. The monoisotopic (exact) mass is 280 g/mol. The van der Waals surface area contributed by atoms with Crippen molar-refractivity contribution < 1.29 is 19.1 Å². The van der Waals surface area contributed by atoms with E-state index in [0.29, 0.717) is 6.42 Å². The summed E-state index contributed by atoms with van der Waals surface area (Å²) in [5, 5.41) is 0. The van der Waals surface area contributed by atoms with Gasteiger partial charge in [0, 0.05) is 6.42 Å². The van der Waals surface area contributed by atoms with E-state index < -0.39 is 0 Å². The summed E-state index contributed by atoms with van der Waals surface area (Å²) >= 11 is 3.23. The molecule has 4 nitrogen and oxygen atoms in total. The number of halogens is 1. The topological polar surface area (TPSA) is 52.6 Å². The quantitative estimate of drug-likeness (QED) is 0.407. The third-order valence-corrected chi connectivity index (χ3v) is 2.85. The second-order valence-corrected chi connectivity index (χ2v) is 4.27. The number of carbonyl (C=O) groups excluding carboxylic acids is 2. The highest BCUT2D eigenvalue weighted by atomic mass is 79.9. The van der Waals surface area contributed by atoms with Gasteiger partial charge in [0.05, 0.1) is 14.2 Å². The van der Waals surface area contributed by atoms with Crippen molar-refractivity contribution in [2.75, 3.05) is 14.2 Å². The molecule has 1 atom stereocenters. The number of ether oxygens (including phenoxy) is 2. The van der Waals surface area contributed by atoms with Crippen LogP contribution in [0.1, 0.15) is 32.1 Å². The molecule has 0 rings (SSSR count). The first-order valence-electron chi connectivity index (χ1n) is 4.90. The maximum Gasteiger partial charge on any atom is 0.319 e. The molecule has 0 aliphatic rings. The van der Waals surface area contributed by atoms with E-state index in [1.165, 1.54) is 14.2 Å². The van der Waals surface area contributed by atoms with Crippen LogP contribution in [0.25, 0.3) is 0 Å². The van der Waals surface area contributed by atoms with Crippen LogP contribution in [-0.4, -0.2) is 31.0 Å². The van der Waals surface area contributed by atoms with Gasteiger partial charge in [0.25, 0.3) is 0 Å². The Labute approximate surface area is 98.4 Å². The molecule has 0 radical (unpaired) electrons. The number of unbranched alkanes of at least 4 members (excludes halogenated alkanes) is 2. The van der Waals surface area contributed by atoms with Crippen LogP contribution in [0.4, 0.5) is 0 Å². The Kier molecular flexibility index (Phi) is 8.37. The number of alkyl halides is 1. The zero-order chi connectivity index (χ0) is 11.7. The molecule has 0 saturated carbocycles. The third-order valence-electron chi connectivity index (χ3n) is 2.02. The molecule has 0 aliphatic carbocycles. The van der Waals surface area contributed by atoms with Gasteiger partial charge < -0.3 is 9.47 Å². The van der Waals surface area contributed by atoms with Gasteiger partial charge in [0.15, 0.2) is 0 Å². The molecule has 15 heavy (non-hydrogen) atoms. The molecular weight excluding hydrogens is 264 g/mol. The van der Waals surface area contributed by atoms with Gasteiger partial charge in [-0.05, 0) is 12.8 Å². The Morgan fingerprint density at radius 3 is 2.33 bits per heavy atom. The average molecular weight is 281 g/mol. The maximum absolute atomic E-state index is 11.0. The number of esters is 2. The molecule has 88 valence electrons. The van der Waals surface area contributed by atoms with Crippen LogP contribution in [0.3, 0.4) is 0 Å². The lowest BCUT2D eigenvalue weighted by Crippen LogP contribution is -2.15. The van der Waals surface area contributed by atoms with Gasteiger partial charge in [0.2, 0.25) is 0 Å². The van der Waals surface area contributed by atoms with Crippen molar-refractivity contribution in [1.82, 2.24) is 0 Å². The molecule has 0 heterocycles. The summed E-state index contributed by atoms with van der Waals surface area (Å²) in [6.45, 7) is 0. The number of rotatable bonds is 7. The molecule has 0 aromatic rings. The molecule has 0 fully saturated rings. The Balaban J connectivity index is 3.38. The summed E-state index contributed by atoms with van der Waals surface area (Å²) in [5.74, 6) is -0.429. The lowest BCUT2D eigenvalue weighted by molar-refractivity contribution is -0.141. The first-order valence-corrected chi connectivity index (χ1v) is 5.82. The summed E-state index contributed by atoms with van der Waals surface area (Å²) in [6, 6.07) is 0. The zero-order valence-corrected chi connectivity index (χ0v) is 10.7. The van der Waals surface area contributed by atoms with Gasteiger partial charge >= 0.3 is 11.9 Å². The molecule has 0 N–H and O–H groups in total. The van der Waals surface area contributed by atoms with E-state index in [0.717, 1.165) is 25.7 Å². The Morgan fingerprint density at radius 2 is 1.80 bits per heavy atom. The minimum atomic E-state index is -0.247. The highest BCUT2D eigenvalue weighted by Crippen LogP contribution is 2.13. The van der Waals surface area contributed by atoms with E-state index >= 15 is 0 Å². The molecule has 0 aromatic heterocycles. The molecule has 1 unspecified atom stereocenters. The van der Waals surface area contributed by atoms with Crippen molar-refractivity contribution in [3.8, 4) is 0 Å². The highest BCUT2D eigenvalue weighted by molar-refractivity contribution is 9.10. The largest absolute Gasteiger partial charge is 0.469 e. The maximum atomic E-state index is 11.0. The molecule has 0 saturated heterocycles. The fraction of sp³-hybridized carbons (Fsp3) is 0.800. The molecule has 0 aromatic carbocycles. The lowest BCUT2D eigenvalue weighted by Gasteiger charge is -2.06. The Morgan fingerprint density at radius 1 is 1.13 bits per heavy atom. The minimum Gasteiger partial charge on any atom is -0.469 e. The van der Waals surface area contributed by atoms with Crippen LogP contribution >= 0.6 is 15.9 Å². The van der Waals surface area contributed by atoms with Gasteiger partial charge in [-0.1, -0.05) is 28.8 Å². The SMILES string of the molecule is COC(=O)CCCCCC(Br)C(=O)OC. The summed E-state index contributed by atoms with van der Waals surface area (Å²) in [7, 11) is 2.75. The first kappa shape index (κ1) is 14.4. The summed E-state index contributed by atoms with van der Waals surface area (Å²) < 4.78 is 9.08. The van der Waals surface area contributed by atoms with Crippen molar-refractivity contribution in [3.05, 3.63) is 0 Å². The summed E-state index contributed by atoms with van der Waals surface area (Å²) in [5.41, 5.74) is 0. The normalized spacial score (nSPS) is 11.9. The molecule has 0 bridgehead atoms. The van der Waals surface area contributed by atoms with Crippen molar-refractivity contribution in [2.45, 2.75) is 36.9 Å². The minimum absolute atomic E-state index is 0.182. The Bertz CT molecular complexity index is 206. The number of methoxy groups -OCH3 is 2. The van der Waals surface area contributed by atoms with E-state index in [-0.39, 0.29) is 16.8 Å². The molecule has 5 heteroatoms. The Hall–Kier alpha value is -0.580. The number of carbonyl (C=O) groups is 2. The number of hydrogen-bond donors (Lipinski definition) is 0. The second kappa shape index (κ2) is 8.71. The van der Waals surface area contributed by atoms with Gasteiger partial charge in [0.1, 0.15) is 4.83 Å². The van der Waals surface area contributed by atoms with Crippen LogP contribution in [0.2, 0.25) is 0 Å². The second-order valence-electron chi connectivity index (χ2n) is 3.17.